The fourth-order valence-corrected chi connectivity index (χ4v) is 1.18. The molecule has 0 radical (unpaired) electrons. The molecular formula is C11H9N3O3. The first-order valence-electron chi connectivity index (χ1n) is 4.86. The van der Waals surface area contributed by atoms with Gasteiger partial charge in [0.1, 0.15) is 11.9 Å². The monoisotopic (exact) mass is 231 g/mol. The minimum absolute atomic E-state index is 0.0700. The van der Waals surface area contributed by atoms with Crippen LogP contribution in [0.2, 0.25) is 0 Å². The van der Waals surface area contributed by atoms with E-state index in [1.807, 2.05) is 6.92 Å². The van der Waals surface area contributed by atoms with Gasteiger partial charge in [-0.3, -0.25) is 15.1 Å². The average molecular weight is 231 g/mol. The summed E-state index contributed by atoms with van der Waals surface area (Å²) in [6.45, 7) is 1.87. The number of aryl methyl sites for hydroxylation is 1. The second-order valence-electron chi connectivity index (χ2n) is 3.35. The lowest BCUT2D eigenvalue weighted by atomic mass is 10.4. The molecule has 0 unspecified atom stereocenters. The molecule has 2 heterocycles. The van der Waals surface area contributed by atoms with Crippen molar-refractivity contribution in [3.05, 3.63) is 52.5 Å². The van der Waals surface area contributed by atoms with Crippen LogP contribution in [0.1, 0.15) is 5.69 Å². The van der Waals surface area contributed by atoms with Crippen LogP contribution in [0, 0.1) is 17.0 Å². The van der Waals surface area contributed by atoms with Crippen LogP contribution in [0.4, 0.5) is 5.69 Å². The van der Waals surface area contributed by atoms with Crippen molar-refractivity contribution in [2.75, 3.05) is 0 Å². The number of aromatic nitrogens is 2. The van der Waals surface area contributed by atoms with E-state index in [0.717, 1.165) is 11.9 Å². The van der Waals surface area contributed by atoms with Crippen LogP contribution in [0.25, 0.3) is 0 Å². The molecule has 0 N–H and O–H groups in total. The van der Waals surface area contributed by atoms with Crippen molar-refractivity contribution in [1.82, 2.24) is 9.97 Å². The van der Waals surface area contributed by atoms with Gasteiger partial charge >= 0.3 is 0 Å². The molecule has 0 spiro atoms. The summed E-state index contributed by atoms with van der Waals surface area (Å²) in [6.07, 6.45) is 2.72. The van der Waals surface area contributed by atoms with Crippen LogP contribution >= 0.6 is 0 Å². The second kappa shape index (κ2) is 4.56. The maximum atomic E-state index is 10.4. The summed E-state index contributed by atoms with van der Waals surface area (Å²) in [6, 6.07) is 6.34. The van der Waals surface area contributed by atoms with Crippen LogP contribution in [0.5, 0.6) is 11.6 Å². The van der Waals surface area contributed by atoms with E-state index in [9.17, 15) is 10.1 Å². The van der Waals surface area contributed by atoms with Crippen molar-refractivity contribution in [1.29, 1.82) is 0 Å². The standard InChI is InChI=1S/C11H9N3O3/c1-8-2-4-10(7-12-8)17-11-5-3-9(6-13-11)14(15)16/h2-7H,1H3. The second-order valence-corrected chi connectivity index (χ2v) is 3.35. The van der Waals surface area contributed by atoms with Gasteiger partial charge in [0.2, 0.25) is 5.88 Å². The number of nitro groups is 1. The first-order valence-corrected chi connectivity index (χ1v) is 4.86. The Balaban J connectivity index is 2.13. The highest BCUT2D eigenvalue weighted by atomic mass is 16.6. The molecule has 0 aliphatic rings. The molecule has 0 bridgehead atoms. The van der Waals surface area contributed by atoms with Crippen LogP contribution in [0.3, 0.4) is 0 Å². The van der Waals surface area contributed by atoms with E-state index in [4.69, 9.17) is 4.74 Å². The van der Waals surface area contributed by atoms with Gasteiger partial charge in [-0.05, 0) is 19.1 Å². The Hall–Kier alpha value is -2.50. The molecule has 2 aromatic rings. The largest absolute Gasteiger partial charge is 0.437 e. The summed E-state index contributed by atoms with van der Waals surface area (Å²) in [5, 5.41) is 10.4. The molecule has 6 nitrogen and oxygen atoms in total. The van der Waals surface area contributed by atoms with Crippen LogP contribution in [0.15, 0.2) is 36.7 Å². The lowest BCUT2D eigenvalue weighted by Crippen LogP contribution is -1.92. The maximum Gasteiger partial charge on any atom is 0.287 e. The summed E-state index contributed by atoms with van der Waals surface area (Å²) in [4.78, 5) is 17.8. The predicted octanol–water partition coefficient (Wildman–Crippen LogP) is 2.49. The molecule has 17 heavy (non-hydrogen) atoms. The molecule has 2 rings (SSSR count). The van der Waals surface area contributed by atoms with Gasteiger partial charge in [0.25, 0.3) is 5.69 Å². The number of ether oxygens (including phenoxy) is 1. The highest BCUT2D eigenvalue weighted by Crippen LogP contribution is 2.20. The Morgan fingerprint density at radius 2 is 2.00 bits per heavy atom. The SMILES string of the molecule is Cc1ccc(Oc2ccc([N+](=O)[O-])cn2)cn1. The fourth-order valence-electron chi connectivity index (χ4n) is 1.18. The van der Waals surface area contributed by atoms with Crippen molar-refractivity contribution in [2.24, 2.45) is 0 Å². The number of rotatable bonds is 3. The summed E-state index contributed by atoms with van der Waals surface area (Å²) in [5.74, 6) is 0.832. The third-order valence-corrected chi connectivity index (χ3v) is 2.04. The zero-order valence-corrected chi connectivity index (χ0v) is 9.03. The van der Waals surface area contributed by atoms with Gasteiger partial charge in [0.15, 0.2) is 0 Å². The molecule has 0 aliphatic heterocycles. The van der Waals surface area contributed by atoms with Gasteiger partial charge < -0.3 is 4.74 Å². The molecular weight excluding hydrogens is 222 g/mol. The molecule has 0 amide bonds. The molecule has 2 aromatic heterocycles. The summed E-state index contributed by atoms with van der Waals surface area (Å²) in [5.41, 5.74) is 0.813. The fraction of sp³-hybridized carbons (Fsp3) is 0.0909. The quantitative estimate of drug-likeness (QED) is 0.599. The molecule has 86 valence electrons. The molecule has 0 saturated carbocycles. The predicted molar refractivity (Wildman–Crippen MR) is 59.9 cm³/mol. The Bertz CT molecular complexity index is 523. The third-order valence-electron chi connectivity index (χ3n) is 2.04. The minimum Gasteiger partial charge on any atom is -0.437 e. The van der Waals surface area contributed by atoms with E-state index in [2.05, 4.69) is 9.97 Å². The highest BCUT2D eigenvalue weighted by molar-refractivity contribution is 5.31. The van der Waals surface area contributed by atoms with Gasteiger partial charge in [0, 0.05) is 17.8 Å². The van der Waals surface area contributed by atoms with Crippen molar-refractivity contribution >= 4 is 5.69 Å². The number of pyridine rings is 2. The summed E-state index contributed by atoms with van der Waals surface area (Å²) < 4.78 is 5.37. The Morgan fingerprint density at radius 1 is 1.18 bits per heavy atom. The van der Waals surface area contributed by atoms with Gasteiger partial charge in [-0.2, -0.15) is 0 Å². The highest BCUT2D eigenvalue weighted by Gasteiger charge is 2.06. The zero-order chi connectivity index (χ0) is 12.3. The number of nitrogens with zero attached hydrogens (tertiary/aromatic N) is 3. The molecule has 0 aromatic carbocycles. The van der Waals surface area contributed by atoms with Crippen molar-refractivity contribution in [3.63, 3.8) is 0 Å². The van der Waals surface area contributed by atoms with Crippen molar-refractivity contribution in [2.45, 2.75) is 6.92 Å². The first-order chi connectivity index (χ1) is 8.15. The Labute approximate surface area is 97.1 Å². The van der Waals surface area contributed by atoms with E-state index in [0.29, 0.717) is 11.6 Å². The van der Waals surface area contributed by atoms with Crippen LogP contribution < -0.4 is 4.74 Å². The van der Waals surface area contributed by atoms with Gasteiger partial charge in [-0.25, -0.2) is 4.98 Å². The molecule has 0 fully saturated rings. The van der Waals surface area contributed by atoms with E-state index < -0.39 is 4.92 Å². The lowest BCUT2D eigenvalue weighted by Gasteiger charge is -2.03. The number of hydrogen-bond donors (Lipinski definition) is 0. The maximum absolute atomic E-state index is 10.4. The Morgan fingerprint density at radius 3 is 2.53 bits per heavy atom. The summed E-state index contributed by atoms with van der Waals surface area (Å²) >= 11 is 0. The molecule has 0 aliphatic carbocycles. The van der Waals surface area contributed by atoms with Gasteiger partial charge in [0.05, 0.1) is 11.1 Å². The molecule has 6 heteroatoms. The zero-order valence-electron chi connectivity index (χ0n) is 9.03. The van der Waals surface area contributed by atoms with Crippen LogP contribution in [-0.2, 0) is 0 Å². The van der Waals surface area contributed by atoms with Gasteiger partial charge in [-0.1, -0.05) is 0 Å². The normalized spacial score (nSPS) is 9.94. The first kappa shape index (κ1) is 11.0. The average Bonchev–Trinajstić information content (AvgIpc) is 2.33. The third kappa shape index (κ3) is 2.75. The summed E-state index contributed by atoms with van der Waals surface area (Å²) in [7, 11) is 0. The van der Waals surface area contributed by atoms with E-state index in [1.54, 1.807) is 18.3 Å². The smallest absolute Gasteiger partial charge is 0.287 e. The molecule has 0 atom stereocenters. The van der Waals surface area contributed by atoms with Crippen molar-refractivity contribution in [3.8, 4) is 11.6 Å². The van der Waals surface area contributed by atoms with Crippen LogP contribution in [-0.4, -0.2) is 14.9 Å². The molecule has 0 saturated heterocycles. The topological polar surface area (TPSA) is 78.2 Å². The van der Waals surface area contributed by atoms with Crippen molar-refractivity contribution < 1.29 is 9.66 Å². The van der Waals surface area contributed by atoms with E-state index >= 15 is 0 Å². The minimum atomic E-state index is -0.510. The lowest BCUT2D eigenvalue weighted by molar-refractivity contribution is -0.385. The van der Waals surface area contributed by atoms with E-state index in [1.165, 1.54) is 12.1 Å². The number of hydrogen-bond acceptors (Lipinski definition) is 5. The van der Waals surface area contributed by atoms with E-state index in [-0.39, 0.29) is 5.69 Å². The Kier molecular flexibility index (Phi) is 2.95. The van der Waals surface area contributed by atoms with Gasteiger partial charge in [-0.15, -0.1) is 0 Å².